The number of rotatable bonds is 7. The first kappa shape index (κ1) is 15.4. The van der Waals surface area contributed by atoms with E-state index in [0.717, 1.165) is 18.5 Å². The van der Waals surface area contributed by atoms with Crippen LogP contribution in [0.15, 0.2) is 24.3 Å². The van der Waals surface area contributed by atoms with Gasteiger partial charge < -0.3 is 10.5 Å². The lowest BCUT2D eigenvalue weighted by Gasteiger charge is -2.13. The van der Waals surface area contributed by atoms with E-state index in [0.29, 0.717) is 12.1 Å². The Labute approximate surface area is 125 Å². The maximum absolute atomic E-state index is 11.9. The van der Waals surface area contributed by atoms with Crippen molar-refractivity contribution in [2.45, 2.75) is 45.1 Å². The molecular weight excluding hydrogens is 268 g/mol. The molecule has 1 heterocycles. The highest BCUT2D eigenvalue weighted by atomic mass is 16.6. The molecule has 0 bridgehead atoms. The molecule has 1 saturated heterocycles. The zero-order chi connectivity index (χ0) is 15.2. The van der Waals surface area contributed by atoms with Crippen LogP contribution in [0.4, 0.5) is 10.5 Å². The predicted octanol–water partition coefficient (Wildman–Crippen LogP) is 3.08. The third-order valence-corrected chi connectivity index (χ3v) is 3.72. The summed E-state index contributed by atoms with van der Waals surface area (Å²) in [6.07, 6.45) is 5.23. The summed E-state index contributed by atoms with van der Waals surface area (Å²) >= 11 is 0. The highest BCUT2D eigenvalue weighted by molar-refractivity contribution is 5.94. The molecule has 0 aromatic heterocycles. The molecule has 0 saturated carbocycles. The van der Waals surface area contributed by atoms with E-state index in [9.17, 15) is 9.59 Å². The van der Waals surface area contributed by atoms with Crippen LogP contribution in [0.25, 0.3) is 0 Å². The molecule has 1 aliphatic rings. The predicted molar refractivity (Wildman–Crippen MR) is 81.3 cm³/mol. The van der Waals surface area contributed by atoms with Crippen molar-refractivity contribution in [2.75, 3.05) is 11.4 Å². The van der Waals surface area contributed by atoms with E-state index in [1.807, 2.05) is 0 Å². The fourth-order valence-electron chi connectivity index (χ4n) is 2.49. The normalized spacial score (nSPS) is 17.9. The molecule has 0 spiro atoms. The van der Waals surface area contributed by atoms with Crippen LogP contribution in [0, 0.1) is 0 Å². The fourth-order valence-corrected chi connectivity index (χ4v) is 2.49. The Morgan fingerprint density at radius 1 is 1.29 bits per heavy atom. The van der Waals surface area contributed by atoms with Crippen LogP contribution >= 0.6 is 0 Å². The van der Waals surface area contributed by atoms with Crippen molar-refractivity contribution in [1.29, 1.82) is 0 Å². The minimum Gasteiger partial charge on any atom is -0.444 e. The molecule has 5 heteroatoms. The van der Waals surface area contributed by atoms with Gasteiger partial charge in [0.15, 0.2) is 0 Å². The second-order valence-electron chi connectivity index (χ2n) is 5.38. The average Bonchev–Trinajstić information content (AvgIpc) is 2.85. The number of carbonyl (C=O) groups is 2. The Morgan fingerprint density at radius 3 is 2.62 bits per heavy atom. The molecule has 5 nitrogen and oxygen atoms in total. The Kier molecular flexibility index (Phi) is 5.20. The van der Waals surface area contributed by atoms with Crippen LogP contribution < -0.4 is 10.6 Å². The van der Waals surface area contributed by atoms with Crippen molar-refractivity contribution >= 4 is 17.7 Å². The molecular formula is C16H22N2O3. The lowest BCUT2D eigenvalue weighted by molar-refractivity contribution is 0.1000. The average molecular weight is 290 g/mol. The second kappa shape index (κ2) is 7.11. The number of primary amides is 1. The number of hydrogen-bond donors (Lipinski definition) is 1. The molecule has 1 aromatic rings. The maximum atomic E-state index is 11.9. The number of carbonyl (C=O) groups excluding carboxylic acids is 2. The third kappa shape index (κ3) is 3.97. The van der Waals surface area contributed by atoms with Gasteiger partial charge >= 0.3 is 6.09 Å². The van der Waals surface area contributed by atoms with Gasteiger partial charge in [-0.2, -0.15) is 0 Å². The van der Waals surface area contributed by atoms with E-state index in [4.69, 9.17) is 10.5 Å². The summed E-state index contributed by atoms with van der Waals surface area (Å²) in [4.78, 5) is 24.5. The molecule has 21 heavy (non-hydrogen) atoms. The second-order valence-corrected chi connectivity index (χ2v) is 5.38. The van der Waals surface area contributed by atoms with Gasteiger partial charge in [-0.1, -0.05) is 26.2 Å². The van der Waals surface area contributed by atoms with Gasteiger partial charge in [0.2, 0.25) is 5.91 Å². The SMILES string of the molecule is CCCCCCC1CN(c2ccc(C(N)=O)cc2)C(=O)O1. The molecule has 1 fully saturated rings. The van der Waals surface area contributed by atoms with Crippen molar-refractivity contribution < 1.29 is 14.3 Å². The summed E-state index contributed by atoms with van der Waals surface area (Å²) in [7, 11) is 0. The van der Waals surface area contributed by atoms with Crippen molar-refractivity contribution in [2.24, 2.45) is 5.73 Å². The number of nitrogens with zero attached hydrogens (tertiary/aromatic N) is 1. The van der Waals surface area contributed by atoms with Crippen molar-refractivity contribution in [3.05, 3.63) is 29.8 Å². The molecule has 1 unspecified atom stereocenters. The van der Waals surface area contributed by atoms with E-state index < -0.39 is 5.91 Å². The fraction of sp³-hybridized carbons (Fsp3) is 0.500. The molecule has 114 valence electrons. The van der Waals surface area contributed by atoms with Gasteiger partial charge in [-0.3, -0.25) is 9.69 Å². The molecule has 1 atom stereocenters. The quantitative estimate of drug-likeness (QED) is 0.784. The summed E-state index contributed by atoms with van der Waals surface area (Å²) in [5, 5.41) is 0. The first-order valence-electron chi connectivity index (χ1n) is 7.50. The summed E-state index contributed by atoms with van der Waals surface area (Å²) in [6, 6.07) is 6.70. The Hall–Kier alpha value is -2.04. The van der Waals surface area contributed by atoms with Crippen molar-refractivity contribution in [1.82, 2.24) is 0 Å². The highest BCUT2D eigenvalue weighted by Gasteiger charge is 2.31. The van der Waals surface area contributed by atoms with Crippen LogP contribution in [0.2, 0.25) is 0 Å². The molecule has 2 amide bonds. The number of unbranched alkanes of at least 4 members (excludes halogenated alkanes) is 3. The van der Waals surface area contributed by atoms with Crippen LogP contribution in [0.3, 0.4) is 0 Å². The van der Waals surface area contributed by atoms with Gasteiger partial charge in [0.25, 0.3) is 0 Å². The van der Waals surface area contributed by atoms with Gasteiger partial charge in [0.05, 0.1) is 6.54 Å². The van der Waals surface area contributed by atoms with Gasteiger partial charge in [-0.25, -0.2) is 4.79 Å². The molecule has 1 aromatic carbocycles. The summed E-state index contributed by atoms with van der Waals surface area (Å²) in [5.41, 5.74) is 6.37. The number of cyclic esters (lactones) is 1. The number of hydrogen-bond acceptors (Lipinski definition) is 3. The minimum absolute atomic E-state index is 0.0369. The van der Waals surface area contributed by atoms with E-state index in [2.05, 4.69) is 6.92 Å². The largest absolute Gasteiger partial charge is 0.444 e. The number of nitrogens with two attached hydrogens (primary N) is 1. The zero-order valence-corrected chi connectivity index (χ0v) is 12.4. The van der Waals surface area contributed by atoms with E-state index >= 15 is 0 Å². The summed E-state index contributed by atoms with van der Waals surface area (Å²) < 4.78 is 5.38. The van der Waals surface area contributed by atoms with E-state index in [-0.39, 0.29) is 12.2 Å². The number of benzene rings is 1. The van der Waals surface area contributed by atoms with Crippen LogP contribution in [-0.2, 0) is 4.74 Å². The lowest BCUT2D eigenvalue weighted by atomic mass is 10.1. The Balaban J connectivity index is 1.91. The first-order chi connectivity index (χ1) is 10.1. The van der Waals surface area contributed by atoms with Crippen molar-refractivity contribution in [3.63, 3.8) is 0 Å². The zero-order valence-electron chi connectivity index (χ0n) is 12.4. The van der Waals surface area contributed by atoms with Gasteiger partial charge in [0.1, 0.15) is 6.10 Å². The number of amides is 2. The van der Waals surface area contributed by atoms with Crippen LogP contribution in [-0.4, -0.2) is 24.6 Å². The van der Waals surface area contributed by atoms with E-state index in [1.165, 1.54) is 19.3 Å². The summed E-state index contributed by atoms with van der Waals surface area (Å²) in [6.45, 7) is 2.74. The van der Waals surface area contributed by atoms with Gasteiger partial charge in [-0.15, -0.1) is 0 Å². The summed E-state index contributed by atoms with van der Waals surface area (Å²) in [5.74, 6) is -0.473. The smallest absolute Gasteiger partial charge is 0.414 e. The van der Waals surface area contributed by atoms with Crippen LogP contribution in [0.5, 0.6) is 0 Å². The van der Waals surface area contributed by atoms with Gasteiger partial charge in [0, 0.05) is 11.3 Å². The highest BCUT2D eigenvalue weighted by Crippen LogP contribution is 2.24. The number of anilines is 1. The van der Waals surface area contributed by atoms with E-state index in [1.54, 1.807) is 29.2 Å². The molecule has 0 radical (unpaired) electrons. The minimum atomic E-state index is -0.473. The molecule has 2 rings (SSSR count). The monoisotopic (exact) mass is 290 g/mol. The molecule has 2 N–H and O–H groups in total. The van der Waals surface area contributed by atoms with Crippen LogP contribution in [0.1, 0.15) is 49.4 Å². The number of ether oxygens (including phenoxy) is 1. The molecule has 1 aliphatic heterocycles. The van der Waals surface area contributed by atoms with Crippen molar-refractivity contribution in [3.8, 4) is 0 Å². The maximum Gasteiger partial charge on any atom is 0.414 e. The molecule has 0 aliphatic carbocycles. The Morgan fingerprint density at radius 2 is 2.00 bits per heavy atom. The standard InChI is InChI=1S/C16H22N2O3/c1-2-3-4-5-6-14-11-18(16(20)21-14)13-9-7-12(8-10-13)15(17)19/h7-10,14H,2-6,11H2,1H3,(H2,17,19). The lowest BCUT2D eigenvalue weighted by Crippen LogP contribution is -2.24. The Bertz CT molecular complexity index is 499. The third-order valence-electron chi connectivity index (χ3n) is 3.72. The van der Waals surface area contributed by atoms with Gasteiger partial charge in [-0.05, 0) is 37.1 Å². The first-order valence-corrected chi connectivity index (χ1v) is 7.50. The topological polar surface area (TPSA) is 72.6 Å².